The van der Waals surface area contributed by atoms with E-state index >= 15 is 0 Å². The van der Waals surface area contributed by atoms with Crippen LogP contribution in [0.3, 0.4) is 0 Å². The van der Waals surface area contributed by atoms with Crippen LogP contribution in [0, 0.1) is 0 Å². The van der Waals surface area contributed by atoms with E-state index in [9.17, 15) is 8.42 Å². The molecule has 0 bridgehead atoms. The first-order valence-electron chi connectivity index (χ1n) is 5.16. The van der Waals surface area contributed by atoms with E-state index < -0.39 is 9.84 Å². The van der Waals surface area contributed by atoms with Gasteiger partial charge in [-0.05, 0) is 6.42 Å². The Hall–Kier alpha value is -1.21. The molecule has 0 fully saturated rings. The molecular formula is C10H13N3O2S2. The van der Waals surface area contributed by atoms with Crippen LogP contribution < -0.4 is 0 Å². The Labute approximate surface area is 104 Å². The maximum absolute atomic E-state index is 12.1. The van der Waals surface area contributed by atoms with E-state index in [1.54, 1.807) is 18.6 Å². The van der Waals surface area contributed by atoms with Crippen molar-refractivity contribution in [3.05, 3.63) is 28.5 Å². The molecule has 0 aliphatic rings. The highest BCUT2D eigenvalue weighted by atomic mass is 32.2. The standard InChI is InChI=1S/C10H13N3O2S2/c1-3-9-12-8(6-16-9)7-17(14,15)10-11-4-5-13(10)2/h4-6H,3,7H2,1-2H3. The third-order valence-corrected chi connectivity index (χ3v) is 4.96. The summed E-state index contributed by atoms with van der Waals surface area (Å²) in [4.78, 5) is 8.12. The van der Waals surface area contributed by atoms with Crippen molar-refractivity contribution >= 4 is 21.2 Å². The van der Waals surface area contributed by atoms with Gasteiger partial charge in [-0.1, -0.05) is 6.92 Å². The number of rotatable bonds is 4. The number of hydrogen-bond acceptors (Lipinski definition) is 5. The fraction of sp³-hybridized carbons (Fsp3) is 0.400. The third kappa shape index (κ3) is 2.55. The zero-order chi connectivity index (χ0) is 12.5. The SMILES string of the molecule is CCc1nc(CS(=O)(=O)c2nccn2C)cs1. The van der Waals surface area contributed by atoms with Crippen LogP contribution in [0.15, 0.2) is 22.9 Å². The van der Waals surface area contributed by atoms with Crippen LogP contribution in [0.5, 0.6) is 0 Å². The molecule has 0 radical (unpaired) electrons. The van der Waals surface area contributed by atoms with Crippen LogP contribution >= 0.6 is 11.3 Å². The van der Waals surface area contributed by atoms with Gasteiger partial charge in [0.1, 0.15) is 5.75 Å². The van der Waals surface area contributed by atoms with Crippen LogP contribution in [0.1, 0.15) is 17.6 Å². The molecule has 2 aromatic rings. The lowest BCUT2D eigenvalue weighted by Gasteiger charge is -2.01. The molecule has 17 heavy (non-hydrogen) atoms. The van der Waals surface area contributed by atoms with Crippen LogP contribution in [-0.4, -0.2) is 23.0 Å². The maximum Gasteiger partial charge on any atom is 0.227 e. The number of hydrogen-bond donors (Lipinski definition) is 0. The highest BCUT2D eigenvalue weighted by Crippen LogP contribution is 2.16. The molecule has 0 saturated carbocycles. The van der Waals surface area contributed by atoms with E-state index in [1.165, 1.54) is 22.1 Å². The molecule has 7 heteroatoms. The van der Waals surface area contributed by atoms with Gasteiger partial charge in [-0.2, -0.15) is 0 Å². The van der Waals surface area contributed by atoms with Gasteiger partial charge in [-0.3, -0.25) is 0 Å². The van der Waals surface area contributed by atoms with Gasteiger partial charge in [0.15, 0.2) is 0 Å². The minimum Gasteiger partial charge on any atom is -0.325 e. The monoisotopic (exact) mass is 271 g/mol. The molecule has 0 atom stereocenters. The van der Waals surface area contributed by atoms with E-state index in [0.29, 0.717) is 5.69 Å². The van der Waals surface area contributed by atoms with Gasteiger partial charge in [-0.25, -0.2) is 18.4 Å². The first-order valence-corrected chi connectivity index (χ1v) is 7.69. The molecular weight excluding hydrogens is 258 g/mol. The Balaban J connectivity index is 2.26. The van der Waals surface area contributed by atoms with Gasteiger partial charge in [0.2, 0.25) is 15.0 Å². The van der Waals surface area contributed by atoms with Crippen molar-refractivity contribution in [1.82, 2.24) is 14.5 Å². The molecule has 0 aliphatic carbocycles. The van der Waals surface area contributed by atoms with E-state index in [0.717, 1.165) is 11.4 Å². The lowest BCUT2D eigenvalue weighted by molar-refractivity contribution is 0.577. The Kier molecular flexibility index (Phi) is 3.30. The summed E-state index contributed by atoms with van der Waals surface area (Å²) in [7, 11) is -1.73. The number of aromatic nitrogens is 3. The number of aryl methyl sites for hydroxylation is 2. The molecule has 2 rings (SSSR count). The van der Waals surface area contributed by atoms with Crippen molar-refractivity contribution in [2.24, 2.45) is 7.05 Å². The minimum atomic E-state index is -3.40. The molecule has 0 saturated heterocycles. The second-order valence-electron chi connectivity index (χ2n) is 3.67. The Morgan fingerprint density at radius 2 is 2.24 bits per heavy atom. The van der Waals surface area contributed by atoms with E-state index in [-0.39, 0.29) is 10.9 Å². The lowest BCUT2D eigenvalue weighted by atomic mass is 10.5. The zero-order valence-corrected chi connectivity index (χ0v) is 11.3. The van der Waals surface area contributed by atoms with Crippen LogP contribution in [0.25, 0.3) is 0 Å². The average molecular weight is 271 g/mol. The van der Waals surface area contributed by atoms with E-state index in [2.05, 4.69) is 9.97 Å². The first kappa shape index (κ1) is 12.3. The van der Waals surface area contributed by atoms with Gasteiger partial charge >= 0.3 is 0 Å². The van der Waals surface area contributed by atoms with Gasteiger partial charge < -0.3 is 4.57 Å². The van der Waals surface area contributed by atoms with Gasteiger partial charge in [-0.15, -0.1) is 11.3 Å². The normalized spacial score (nSPS) is 11.9. The number of nitrogens with zero attached hydrogens (tertiary/aromatic N) is 3. The van der Waals surface area contributed by atoms with Crippen molar-refractivity contribution in [2.75, 3.05) is 0 Å². The molecule has 0 N–H and O–H groups in total. The molecule has 92 valence electrons. The molecule has 2 aromatic heterocycles. The Bertz CT molecular complexity index is 613. The van der Waals surface area contributed by atoms with Crippen molar-refractivity contribution < 1.29 is 8.42 Å². The van der Waals surface area contributed by atoms with Crippen molar-refractivity contribution in [3.63, 3.8) is 0 Å². The molecule has 0 aliphatic heterocycles. The summed E-state index contributed by atoms with van der Waals surface area (Å²) in [5.41, 5.74) is 0.592. The Morgan fingerprint density at radius 1 is 1.47 bits per heavy atom. The second-order valence-corrected chi connectivity index (χ2v) is 6.49. The lowest BCUT2D eigenvalue weighted by Crippen LogP contribution is -2.11. The summed E-state index contributed by atoms with van der Waals surface area (Å²) < 4.78 is 25.6. The topological polar surface area (TPSA) is 64.8 Å². The summed E-state index contributed by atoms with van der Waals surface area (Å²) >= 11 is 1.49. The quantitative estimate of drug-likeness (QED) is 0.843. The summed E-state index contributed by atoms with van der Waals surface area (Å²) in [5.74, 6) is -0.0889. The van der Waals surface area contributed by atoms with Gasteiger partial charge in [0.25, 0.3) is 0 Å². The van der Waals surface area contributed by atoms with Gasteiger partial charge in [0.05, 0.1) is 10.7 Å². The smallest absolute Gasteiger partial charge is 0.227 e. The summed E-state index contributed by atoms with van der Waals surface area (Å²) in [6.07, 6.45) is 3.92. The first-order chi connectivity index (χ1) is 8.03. The van der Waals surface area contributed by atoms with Crippen LogP contribution in [0.2, 0.25) is 0 Å². The second kappa shape index (κ2) is 4.58. The summed E-state index contributed by atoms with van der Waals surface area (Å²) in [5, 5.41) is 2.83. The van der Waals surface area contributed by atoms with Crippen LogP contribution in [0.4, 0.5) is 0 Å². The number of imidazole rings is 1. The Morgan fingerprint density at radius 3 is 2.76 bits per heavy atom. The fourth-order valence-corrected chi connectivity index (χ4v) is 3.73. The van der Waals surface area contributed by atoms with Crippen LogP contribution in [-0.2, 0) is 29.1 Å². The van der Waals surface area contributed by atoms with Crippen molar-refractivity contribution in [3.8, 4) is 0 Å². The molecule has 5 nitrogen and oxygen atoms in total. The summed E-state index contributed by atoms with van der Waals surface area (Å²) in [6.45, 7) is 2.00. The van der Waals surface area contributed by atoms with Crippen molar-refractivity contribution in [1.29, 1.82) is 0 Å². The maximum atomic E-state index is 12.1. The predicted octanol–water partition coefficient (Wildman–Crippen LogP) is 1.41. The highest BCUT2D eigenvalue weighted by molar-refractivity contribution is 7.90. The van der Waals surface area contributed by atoms with Crippen molar-refractivity contribution in [2.45, 2.75) is 24.3 Å². The average Bonchev–Trinajstić information content (AvgIpc) is 2.86. The predicted molar refractivity (Wildman–Crippen MR) is 65.6 cm³/mol. The molecule has 2 heterocycles. The number of sulfone groups is 1. The summed E-state index contributed by atoms with van der Waals surface area (Å²) in [6, 6.07) is 0. The number of thiazole rings is 1. The largest absolute Gasteiger partial charge is 0.325 e. The van der Waals surface area contributed by atoms with E-state index in [4.69, 9.17) is 0 Å². The molecule has 0 amide bonds. The van der Waals surface area contributed by atoms with Gasteiger partial charge in [0, 0.05) is 24.8 Å². The third-order valence-electron chi connectivity index (χ3n) is 2.29. The van der Waals surface area contributed by atoms with E-state index in [1.807, 2.05) is 6.92 Å². The zero-order valence-electron chi connectivity index (χ0n) is 9.62. The molecule has 0 aromatic carbocycles. The minimum absolute atomic E-state index is 0.0866. The molecule has 0 unspecified atom stereocenters. The highest BCUT2D eigenvalue weighted by Gasteiger charge is 2.21. The molecule has 0 spiro atoms. The fourth-order valence-electron chi connectivity index (χ4n) is 1.49.